The average Bonchev–Trinajstić information content (AvgIpc) is 2.81. The lowest BCUT2D eigenvalue weighted by atomic mass is 10.2. The SMILES string of the molecule is Brc1ccccc1Oc1ncnc2c1CCC2. The molecule has 3 nitrogen and oxygen atoms in total. The molecule has 2 aromatic rings. The number of hydrogen-bond acceptors (Lipinski definition) is 3. The molecule has 0 aliphatic heterocycles. The zero-order valence-electron chi connectivity index (χ0n) is 9.19. The smallest absolute Gasteiger partial charge is 0.225 e. The van der Waals surface area contributed by atoms with Crippen molar-refractivity contribution in [3.8, 4) is 11.6 Å². The summed E-state index contributed by atoms with van der Waals surface area (Å²) in [6, 6.07) is 7.78. The van der Waals surface area contributed by atoms with Crippen molar-refractivity contribution < 1.29 is 4.74 Å². The van der Waals surface area contributed by atoms with Gasteiger partial charge < -0.3 is 4.74 Å². The highest BCUT2D eigenvalue weighted by atomic mass is 79.9. The van der Waals surface area contributed by atoms with Crippen molar-refractivity contribution in [2.75, 3.05) is 0 Å². The van der Waals surface area contributed by atoms with Crippen molar-refractivity contribution in [2.45, 2.75) is 19.3 Å². The highest BCUT2D eigenvalue weighted by Crippen LogP contribution is 2.33. The van der Waals surface area contributed by atoms with Crippen LogP contribution in [-0.4, -0.2) is 9.97 Å². The standard InChI is InChI=1S/C13H11BrN2O/c14-10-5-1-2-7-12(10)17-13-9-4-3-6-11(9)15-8-16-13/h1-2,5,7-8H,3-4,6H2. The van der Waals surface area contributed by atoms with Gasteiger partial charge in [0.15, 0.2) is 0 Å². The molecular weight excluding hydrogens is 280 g/mol. The molecule has 86 valence electrons. The zero-order chi connectivity index (χ0) is 11.7. The van der Waals surface area contributed by atoms with Gasteiger partial charge in [0, 0.05) is 5.56 Å². The molecule has 0 radical (unpaired) electrons. The Morgan fingerprint density at radius 2 is 2.00 bits per heavy atom. The predicted molar refractivity (Wildman–Crippen MR) is 68.3 cm³/mol. The molecule has 0 saturated heterocycles. The summed E-state index contributed by atoms with van der Waals surface area (Å²) in [6.07, 6.45) is 4.76. The summed E-state index contributed by atoms with van der Waals surface area (Å²) in [5.41, 5.74) is 2.28. The fourth-order valence-electron chi connectivity index (χ4n) is 2.05. The predicted octanol–water partition coefficient (Wildman–Crippen LogP) is 3.52. The van der Waals surface area contributed by atoms with Crippen molar-refractivity contribution in [1.29, 1.82) is 0 Å². The maximum atomic E-state index is 5.85. The van der Waals surface area contributed by atoms with E-state index in [-0.39, 0.29) is 0 Å². The van der Waals surface area contributed by atoms with Gasteiger partial charge in [0.25, 0.3) is 0 Å². The molecule has 1 aliphatic carbocycles. The van der Waals surface area contributed by atoms with E-state index in [1.165, 1.54) is 0 Å². The average molecular weight is 291 g/mol. The minimum atomic E-state index is 0.694. The van der Waals surface area contributed by atoms with Crippen molar-refractivity contribution in [3.05, 3.63) is 46.3 Å². The van der Waals surface area contributed by atoms with Gasteiger partial charge in [-0.1, -0.05) is 12.1 Å². The van der Waals surface area contributed by atoms with E-state index in [0.717, 1.165) is 40.7 Å². The molecule has 0 atom stereocenters. The zero-order valence-corrected chi connectivity index (χ0v) is 10.8. The summed E-state index contributed by atoms with van der Waals surface area (Å²) in [6.45, 7) is 0. The van der Waals surface area contributed by atoms with Gasteiger partial charge >= 0.3 is 0 Å². The van der Waals surface area contributed by atoms with Crippen molar-refractivity contribution in [2.24, 2.45) is 0 Å². The Morgan fingerprint density at radius 3 is 2.88 bits per heavy atom. The van der Waals surface area contributed by atoms with E-state index >= 15 is 0 Å². The Labute approximate surface area is 108 Å². The monoisotopic (exact) mass is 290 g/mol. The normalized spacial score (nSPS) is 13.5. The van der Waals surface area contributed by atoms with Crippen molar-refractivity contribution >= 4 is 15.9 Å². The summed E-state index contributed by atoms with van der Waals surface area (Å²) < 4.78 is 6.79. The molecule has 0 amide bonds. The van der Waals surface area contributed by atoms with Crippen LogP contribution in [0.4, 0.5) is 0 Å². The summed E-state index contributed by atoms with van der Waals surface area (Å²) in [5.74, 6) is 1.49. The first-order valence-electron chi connectivity index (χ1n) is 5.60. The van der Waals surface area contributed by atoms with Crippen LogP contribution in [0.25, 0.3) is 0 Å². The first kappa shape index (κ1) is 10.7. The molecule has 0 saturated carbocycles. The number of ether oxygens (including phenoxy) is 1. The van der Waals surface area contributed by atoms with Gasteiger partial charge in [-0.3, -0.25) is 0 Å². The Bertz CT molecular complexity index is 557. The van der Waals surface area contributed by atoms with E-state index in [2.05, 4.69) is 25.9 Å². The molecule has 0 fully saturated rings. The number of hydrogen-bond donors (Lipinski definition) is 0. The fourth-order valence-corrected chi connectivity index (χ4v) is 2.41. The summed E-state index contributed by atoms with van der Waals surface area (Å²) >= 11 is 3.47. The van der Waals surface area contributed by atoms with Gasteiger partial charge in [0.05, 0.1) is 10.2 Å². The van der Waals surface area contributed by atoms with E-state index in [4.69, 9.17) is 4.74 Å². The Kier molecular flexibility index (Phi) is 2.81. The second-order valence-corrected chi connectivity index (χ2v) is 4.84. The molecule has 1 aromatic carbocycles. The molecule has 17 heavy (non-hydrogen) atoms. The number of aryl methyl sites for hydroxylation is 1. The largest absolute Gasteiger partial charge is 0.437 e. The lowest BCUT2D eigenvalue weighted by Crippen LogP contribution is -1.96. The number of halogens is 1. The lowest BCUT2D eigenvalue weighted by Gasteiger charge is -2.09. The van der Waals surface area contributed by atoms with E-state index < -0.39 is 0 Å². The second kappa shape index (κ2) is 4.45. The number of rotatable bonds is 2. The molecule has 1 aromatic heterocycles. The third-order valence-electron chi connectivity index (χ3n) is 2.88. The number of aromatic nitrogens is 2. The van der Waals surface area contributed by atoms with Crippen LogP contribution in [0.1, 0.15) is 17.7 Å². The number of fused-ring (bicyclic) bond motifs is 1. The second-order valence-electron chi connectivity index (χ2n) is 3.99. The van der Waals surface area contributed by atoms with Crippen LogP contribution in [0.15, 0.2) is 35.1 Å². The quantitative estimate of drug-likeness (QED) is 0.849. The van der Waals surface area contributed by atoms with Crippen LogP contribution in [0.5, 0.6) is 11.6 Å². The van der Waals surface area contributed by atoms with Gasteiger partial charge in [-0.05, 0) is 47.3 Å². The number of benzene rings is 1. The molecule has 0 spiro atoms. The Hall–Kier alpha value is -1.42. The fraction of sp³-hybridized carbons (Fsp3) is 0.231. The van der Waals surface area contributed by atoms with Crippen LogP contribution in [0.2, 0.25) is 0 Å². The molecule has 0 bridgehead atoms. The van der Waals surface area contributed by atoms with Crippen LogP contribution in [0.3, 0.4) is 0 Å². The van der Waals surface area contributed by atoms with Gasteiger partial charge in [-0.15, -0.1) is 0 Å². The highest BCUT2D eigenvalue weighted by Gasteiger charge is 2.18. The van der Waals surface area contributed by atoms with Crippen LogP contribution >= 0.6 is 15.9 Å². The molecule has 3 rings (SSSR count). The molecular formula is C13H11BrN2O. The van der Waals surface area contributed by atoms with Gasteiger partial charge in [-0.25, -0.2) is 9.97 Å². The third-order valence-corrected chi connectivity index (χ3v) is 3.53. The third kappa shape index (κ3) is 2.05. The van der Waals surface area contributed by atoms with Crippen LogP contribution in [-0.2, 0) is 12.8 Å². The maximum Gasteiger partial charge on any atom is 0.225 e. The summed E-state index contributed by atoms with van der Waals surface area (Å²) in [4.78, 5) is 8.51. The molecule has 4 heteroatoms. The molecule has 1 heterocycles. The topological polar surface area (TPSA) is 35.0 Å². The molecule has 0 unspecified atom stereocenters. The maximum absolute atomic E-state index is 5.85. The van der Waals surface area contributed by atoms with Gasteiger partial charge in [0.1, 0.15) is 12.1 Å². The lowest BCUT2D eigenvalue weighted by molar-refractivity contribution is 0.452. The first-order valence-corrected chi connectivity index (χ1v) is 6.39. The molecule has 1 aliphatic rings. The van der Waals surface area contributed by atoms with E-state index in [1.807, 2.05) is 24.3 Å². The molecule has 0 N–H and O–H groups in total. The van der Waals surface area contributed by atoms with E-state index in [1.54, 1.807) is 6.33 Å². The first-order chi connectivity index (χ1) is 8.34. The minimum Gasteiger partial charge on any atom is -0.437 e. The Balaban J connectivity index is 1.97. The summed E-state index contributed by atoms with van der Waals surface area (Å²) in [5, 5.41) is 0. The van der Waals surface area contributed by atoms with Crippen LogP contribution < -0.4 is 4.74 Å². The van der Waals surface area contributed by atoms with Crippen molar-refractivity contribution in [1.82, 2.24) is 9.97 Å². The Morgan fingerprint density at radius 1 is 1.12 bits per heavy atom. The minimum absolute atomic E-state index is 0.694. The van der Waals surface area contributed by atoms with Gasteiger partial charge in [-0.2, -0.15) is 0 Å². The van der Waals surface area contributed by atoms with Crippen LogP contribution in [0, 0.1) is 0 Å². The highest BCUT2D eigenvalue weighted by molar-refractivity contribution is 9.10. The number of nitrogens with zero attached hydrogens (tertiary/aromatic N) is 2. The van der Waals surface area contributed by atoms with E-state index in [0.29, 0.717) is 5.88 Å². The van der Waals surface area contributed by atoms with Gasteiger partial charge in [0.2, 0.25) is 5.88 Å². The number of para-hydroxylation sites is 1. The summed E-state index contributed by atoms with van der Waals surface area (Å²) in [7, 11) is 0. The van der Waals surface area contributed by atoms with Crippen molar-refractivity contribution in [3.63, 3.8) is 0 Å². The van der Waals surface area contributed by atoms with E-state index in [9.17, 15) is 0 Å².